The van der Waals surface area contributed by atoms with E-state index in [4.69, 9.17) is 0 Å². The Morgan fingerprint density at radius 2 is 2.06 bits per heavy atom. The largest absolute Gasteiger partial charge is 0.434 e. The average molecular weight is 337 g/mol. The minimum Gasteiger partial charge on any atom is -0.434 e. The van der Waals surface area contributed by atoms with Gasteiger partial charge in [-0.05, 0) is 40.1 Å². The number of ether oxygens (including phenoxy) is 1. The van der Waals surface area contributed by atoms with Crippen LogP contribution >= 0.6 is 22.6 Å². The molecule has 0 spiro atoms. The monoisotopic (exact) mass is 337 g/mol. The van der Waals surface area contributed by atoms with Gasteiger partial charge in [-0.25, -0.2) is 0 Å². The zero-order chi connectivity index (χ0) is 11.7. The van der Waals surface area contributed by atoms with Crippen molar-refractivity contribution in [3.8, 4) is 5.75 Å². The summed E-state index contributed by atoms with van der Waals surface area (Å²) in [4.78, 5) is 13.6. The van der Waals surface area contributed by atoms with Crippen LogP contribution in [0, 0.1) is 3.57 Å². The highest BCUT2D eigenvalue weighted by atomic mass is 127. The lowest BCUT2D eigenvalue weighted by Gasteiger charge is -2.08. The molecule has 0 radical (unpaired) electrons. The topological polar surface area (TPSA) is 42.1 Å². The molecule has 0 saturated carbocycles. The summed E-state index contributed by atoms with van der Waals surface area (Å²) in [5.74, 6) is 0.0601. The molecule has 6 heteroatoms. The van der Waals surface area contributed by atoms with Crippen LogP contribution in [0.4, 0.5) is 8.78 Å². The van der Waals surface area contributed by atoms with Crippen LogP contribution in [0.25, 0.3) is 10.9 Å². The van der Waals surface area contributed by atoms with Crippen molar-refractivity contribution in [3.63, 3.8) is 0 Å². The Labute approximate surface area is 103 Å². The Kier molecular flexibility index (Phi) is 3.08. The molecule has 3 nitrogen and oxygen atoms in total. The van der Waals surface area contributed by atoms with Crippen molar-refractivity contribution in [2.45, 2.75) is 6.61 Å². The molecule has 2 aromatic rings. The highest BCUT2D eigenvalue weighted by Crippen LogP contribution is 2.26. The van der Waals surface area contributed by atoms with Gasteiger partial charge in [-0.15, -0.1) is 0 Å². The van der Waals surface area contributed by atoms with E-state index < -0.39 is 6.61 Å². The van der Waals surface area contributed by atoms with E-state index in [0.29, 0.717) is 9.09 Å². The number of halogens is 3. The quantitative estimate of drug-likeness (QED) is 0.857. The van der Waals surface area contributed by atoms with E-state index in [2.05, 4.69) is 9.72 Å². The molecule has 0 bridgehead atoms. The molecule has 0 amide bonds. The summed E-state index contributed by atoms with van der Waals surface area (Å²) < 4.78 is 29.1. The smallest absolute Gasteiger partial charge is 0.387 e. The Bertz CT molecular complexity index is 583. The molecule has 1 N–H and O–H groups in total. The standard InChI is InChI=1S/C10H6F2INO2/c11-10(12)16-8-4-7-5(3-6(8)13)1-2-9(15)14-7/h1-4,10H,(H,14,15). The van der Waals surface area contributed by atoms with E-state index in [0.717, 1.165) is 5.39 Å². The summed E-state index contributed by atoms with van der Waals surface area (Å²) in [5.41, 5.74) is 0.195. The van der Waals surface area contributed by atoms with Gasteiger partial charge in [-0.2, -0.15) is 8.78 Å². The second kappa shape index (κ2) is 4.36. The third-order valence-corrected chi connectivity index (χ3v) is 2.84. The maximum Gasteiger partial charge on any atom is 0.387 e. The molecular formula is C10H6F2INO2. The fourth-order valence-corrected chi connectivity index (χ4v) is 1.96. The van der Waals surface area contributed by atoms with Crippen LogP contribution < -0.4 is 10.3 Å². The van der Waals surface area contributed by atoms with Crippen molar-refractivity contribution in [2.24, 2.45) is 0 Å². The van der Waals surface area contributed by atoms with Gasteiger partial charge in [0.05, 0.1) is 9.09 Å². The maximum atomic E-state index is 12.1. The van der Waals surface area contributed by atoms with E-state index in [1.54, 1.807) is 12.1 Å². The summed E-state index contributed by atoms with van der Waals surface area (Å²) in [6, 6.07) is 6.07. The van der Waals surface area contributed by atoms with Gasteiger partial charge in [0.15, 0.2) is 0 Å². The third-order valence-electron chi connectivity index (χ3n) is 1.99. The first-order valence-corrected chi connectivity index (χ1v) is 5.41. The summed E-state index contributed by atoms with van der Waals surface area (Å²) >= 11 is 1.90. The first kappa shape index (κ1) is 11.3. The second-order valence-corrected chi connectivity index (χ2v) is 4.23. The average Bonchev–Trinajstić information content (AvgIpc) is 2.19. The van der Waals surface area contributed by atoms with Crippen molar-refractivity contribution in [3.05, 3.63) is 38.2 Å². The van der Waals surface area contributed by atoms with Crippen LogP contribution in [0.3, 0.4) is 0 Å². The molecule has 0 atom stereocenters. The second-order valence-electron chi connectivity index (χ2n) is 3.07. The lowest BCUT2D eigenvalue weighted by molar-refractivity contribution is -0.0503. The predicted molar refractivity (Wildman–Crippen MR) is 63.9 cm³/mol. The molecule has 84 valence electrons. The number of aromatic nitrogens is 1. The number of nitrogens with one attached hydrogen (secondary N) is 1. The van der Waals surface area contributed by atoms with Gasteiger partial charge < -0.3 is 9.72 Å². The number of benzene rings is 1. The maximum absolute atomic E-state index is 12.1. The van der Waals surface area contributed by atoms with Gasteiger partial charge in [-0.3, -0.25) is 4.79 Å². The van der Waals surface area contributed by atoms with Crippen molar-refractivity contribution < 1.29 is 13.5 Å². The van der Waals surface area contributed by atoms with Crippen LogP contribution in [-0.4, -0.2) is 11.6 Å². The number of H-pyrrole nitrogens is 1. The summed E-state index contributed by atoms with van der Waals surface area (Å²) in [6.07, 6.45) is 0. The predicted octanol–water partition coefficient (Wildman–Crippen LogP) is 2.73. The number of hydrogen-bond donors (Lipinski definition) is 1. The molecule has 1 heterocycles. The fourth-order valence-electron chi connectivity index (χ4n) is 1.34. The van der Waals surface area contributed by atoms with Crippen molar-refractivity contribution in [1.29, 1.82) is 0 Å². The number of pyridine rings is 1. The molecule has 0 saturated heterocycles. The Morgan fingerprint density at radius 1 is 1.31 bits per heavy atom. The molecule has 16 heavy (non-hydrogen) atoms. The summed E-state index contributed by atoms with van der Waals surface area (Å²) in [6.45, 7) is -2.87. The SMILES string of the molecule is O=c1ccc2cc(I)c(OC(F)F)cc2[nH]1. The van der Waals surface area contributed by atoms with Gasteiger partial charge in [-0.1, -0.05) is 0 Å². The van der Waals surface area contributed by atoms with Gasteiger partial charge >= 0.3 is 6.61 Å². The zero-order valence-corrected chi connectivity index (χ0v) is 9.99. The van der Waals surface area contributed by atoms with Crippen molar-refractivity contribution in [2.75, 3.05) is 0 Å². The van der Waals surface area contributed by atoms with Crippen molar-refractivity contribution in [1.82, 2.24) is 4.98 Å². The zero-order valence-electron chi connectivity index (χ0n) is 7.84. The van der Waals surface area contributed by atoms with E-state index in [-0.39, 0.29) is 11.3 Å². The first-order chi connectivity index (χ1) is 7.56. The molecule has 1 aromatic carbocycles. The minimum absolute atomic E-state index is 0.0601. The van der Waals surface area contributed by atoms with Crippen LogP contribution in [0.5, 0.6) is 5.75 Å². The van der Waals surface area contributed by atoms with E-state index in [1.165, 1.54) is 12.1 Å². The van der Waals surface area contributed by atoms with Crippen LogP contribution in [0.1, 0.15) is 0 Å². The van der Waals surface area contributed by atoms with Gasteiger partial charge in [0.25, 0.3) is 0 Å². The number of alkyl halides is 2. The Morgan fingerprint density at radius 3 is 2.75 bits per heavy atom. The molecule has 1 aromatic heterocycles. The van der Waals surface area contributed by atoms with E-state index in [9.17, 15) is 13.6 Å². The molecule has 0 unspecified atom stereocenters. The van der Waals surface area contributed by atoms with E-state index in [1.807, 2.05) is 22.6 Å². The fraction of sp³-hybridized carbons (Fsp3) is 0.100. The molecule has 0 aliphatic heterocycles. The highest BCUT2D eigenvalue weighted by Gasteiger charge is 2.09. The van der Waals surface area contributed by atoms with Crippen LogP contribution in [0.2, 0.25) is 0 Å². The summed E-state index contributed by atoms with van der Waals surface area (Å²) in [5, 5.41) is 0.769. The van der Waals surface area contributed by atoms with Gasteiger partial charge in [0.1, 0.15) is 5.75 Å². The van der Waals surface area contributed by atoms with Crippen molar-refractivity contribution >= 4 is 33.5 Å². The molecule has 0 aliphatic rings. The number of rotatable bonds is 2. The highest BCUT2D eigenvalue weighted by molar-refractivity contribution is 14.1. The molecule has 0 aliphatic carbocycles. The number of aromatic amines is 1. The first-order valence-electron chi connectivity index (χ1n) is 4.33. The van der Waals surface area contributed by atoms with Crippen LogP contribution in [0.15, 0.2) is 29.1 Å². The molecule has 0 fully saturated rings. The number of fused-ring (bicyclic) bond motifs is 1. The number of hydrogen-bond acceptors (Lipinski definition) is 2. The summed E-state index contributed by atoms with van der Waals surface area (Å²) in [7, 11) is 0. The normalized spacial score (nSPS) is 11.0. The van der Waals surface area contributed by atoms with Gasteiger partial charge in [0.2, 0.25) is 5.56 Å². The Hall–Kier alpha value is -1.18. The lowest BCUT2D eigenvalue weighted by atomic mass is 10.2. The van der Waals surface area contributed by atoms with Crippen LogP contribution in [-0.2, 0) is 0 Å². The minimum atomic E-state index is -2.87. The third kappa shape index (κ3) is 2.31. The Balaban J connectivity index is 2.59. The lowest BCUT2D eigenvalue weighted by Crippen LogP contribution is -2.05. The van der Waals surface area contributed by atoms with Gasteiger partial charge in [0, 0.05) is 12.1 Å². The van der Waals surface area contributed by atoms with E-state index >= 15 is 0 Å². The molecular weight excluding hydrogens is 331 g/mol. The molecule has 2 rings (SSSR count).